The maximum Gasteiger partial charge on any atom is 0.392 e. The Labute approximate surface area is 136 Å². The van der Waals surface area contributed by atoms with Gasteiger partial charge in [0.25, 0.3) is 0 Å². The molecule has 1 rings (SSSR count). The van der Waals surface area contributed by atoms with Gasteiger partial charge in [-0.1, -0.05) is 56.7 Å². The van der Waals surface area contributed by atoms with Crippen LogP contribution in [0.5, 0.6) is 5.75 Å². The van der Waals surface area contributed by atoms with Gasteiger partial charge in [0.2, 0.25) is 0 Å². The second-order valence-electron chi connectivity index (χ2n) is 6.05. The van der Waals surface area contributed by atoms with Crippen molar-refractivity contribution in [3.05, 3.63) is 28.8 Å². The number of rotatable bonds is 10. The molecule has 0 aliphatic heterocycles. The first-order chi connectivity index (χ1) is 9.94. The first kappa shape index (κ1) is 18.5. The SMILES string of the molecule is CCCCCCCCO[Si](C)(C)Oc1cc(C)ccc1Cl. The lowest BCUT2D eigenvalue weighted by Crippen LogP contribution is -2.38. The molecule has 0 aliphatic carbocycles. The fraction of sp³-hybridized carbons (Fsp3) is 0.647. The maximum atomic E-state index is 6.18. The van der Waals surface area contributed by atoms with E-state index in [1.165, 1.54) is 32.1 Å². The van der Waals surface area contributed by atoms with Crippen molar-refractivity contribution in [3.63, 3.8) is 0 Å². The van der Waals surface area contributed by atoms with E-state index in [4.69, 9.17) is 20.5 Å². The summed E-state index contributed by atoms with van der Waals surface area (Å²) in [6, 6.07) is 5.84. The molecular weight excluding hydrogens is 300 g/mol. The van der Waals surface area contributed by atoms with Gasteiger partial charge < -0.3 is 8.85 Å². The van der Waals surface area contributed by atoms with Crippen LogP contribution in [0.1, 0.15) is 51.0 Å². The van der Waals surface area contributed by atoms with Crippen molar-refractivity contribution < 1.29 is 8.85 Å². The molecule has 0 saturated carbocycles. The molecule has 0 N–H and O–H groups in total. The molecule has 0 unspecified atom stereocenters. The number of benzene rings is 1. The molecule has 0 fully saturated rings. The van der Waals surface area contributed by atoms with E-state index in [0.29, 0.717) is 5.02 Å². The summed E-state index contributed by atoms with van der Waals surface area (Å²) in [7, 11) is -2.16. The second-order valence-corrected chi connectivity index (χ2v) is 9.75. The van der Waals surface area contributed by atoms with E-state index in [1.807, 2.05) is 25.1 Å². The van der Waals surface area contributed by atoms with Crippen molar-refractivity contribution >= 4 is 20.2 Å². The predicted molar refractivity (Wildman–Crippen MR) is 93.6 cm³/mol. The van der Waals surface area contributed by atoms with Gasteiger partial charge in [0.1, 0.15) is 5.75 Å². The topological polar surface area (TPSA) is 18.5 Å². The van der Waals surface area contributed by atoms with Crippen LogP contribution in [0.25, 0.3) is 0 Å². The van der Waals surface area contributed by atoms with Crippen LogP contribution in [-0.2, 0) is 4.43 Å². The summed E-state index contributed by atoms with van der Waals surface area (Å²) in [4.78, 5) is 0. The molecule has 0 saturated heterocycles. The molecule has 0 bridgehead atoms. The molecular formula is C17H29ClO2Si. The van der Waals surface area contributed by atoms with Gasteiger partial charge in [-0.3, -0.25) is 0 Å². The number of halogens is 1. The molecule has 21 heavy (non-hydrogen) atoms. The molecule has 0 atom stereocenters. The van der Waals surface area contributed by atoms with Gasteiger partial charge in [-0.05, 0) is 44.1 Å². The highest BCUT2D eigenvalue weighted by Crippen LogP contribution is 2.28. The van der Waals surface area contributed by atoms with Crippen molar-refractivity contribution in [1.29, 1.82) is 0 Å². The molecule has 0 spiro atoms. The van der Waals surface area contributed by atoms with Crippen molar-refractivity contribution in [2.75, 3.05) is 6.61 Å². The Morgan fingerprint density at radius 1 is 1.05 bits per heavy atom. The third-order valence-corrected chi connectivity index (χ3v) is 5.31. The molecule has 0 radical (unpaired) electrons. The lowest BCUT2D eigenvalue weighted by atomic mass is 10.1. The van der Waals surface area contributed by atoms with Crippen molar-refractivity contribution in [3.8, 4) is 5.75 Å². The number of hydrogen-bond acceptors (Lipinski definition) is 2. The quantitative estimate of drug-likeness (QED) is 0.381. The maximum absolute atomic E-state index is 6.18. The van der Waals surface area contributed by atoms with Gasteiger partial charge in [-0.2, -0.15) is 0 Å². The van der Waals surface area contributed by atoms with Gasteiger partial charge in [-0.25, -0.2) is 0 Å². The van der Waals surface area contributed by atoms with Crippen molar-refractivity contribution in [2.24, 2.45) is 0 Å². The minimum atomic E-state index is -2.16. The fourth-order valence-corrected chi connectivity index (χ4v) is 3.80. The molecule has 1 aromatic rings. The minimum absolute atomic E-state index is 0.657. The van der Waals surface area contributed by atoms with Crippen LogP contribution >= 0.6 is 11.6 Å². The Morgan fingerprint density at radius 3 is 2.43 bits per heavy atom. The third-order valence-electron chi connectivity index (χ3n) is 3.39. The van der Waals surface area contributed by atoms with Crippen LogP contribution in [0.15, 0.2) is 18.2 Å². The van der Waals surface area contributed by atoms with E-state index in [-0.39, 0.29) is 0 Å². The monoisotopic (exact) mass is 328 g/mol. The van der Waals surface area contributed by atoms with Crippen LogP contribution in [0.2, 0.25) is 18.1 Å². The van der Waals surface area contributed by atoms with Gasteiger partial charge >= 0.3 is 8.56 Å². The van der Waals surface area contributed by atoms with E-state index in [1.54, 1.807) is 0 Å². The van der Waals surface area contributed by atoms with Gasteiger partial charge in [0.05, 0.1) is 5.02 Å². The van der Waals surface area contributed by atoms with E-state index >= 15 is 0 Å². The lowest BCUT2D eigenvalue weighted by Gasteiger charge is -2.24. The van der Waals surface area contributed by atoms with E-state index < -0.39 is 8.56 Å². The zero-order chi connectivity index (χ0) is 15.7. The third kappa shape index (κ3) is 7.89. The summed E-state index contributed by atoms with van der Waals surface area (Å²) < 4.78 is 12.0. The Morgan fingerprint density at radius 2 is 1.71 bits per heavy atom. The van der Waals surface area contributed by atoms with Gasteiger partial charge in [0, 0.05) is 6.61 Å². The van der Waals surface area contributed by atoms with Crippen LogP contribution < -0.4 is 4.43 Å². The smallest absolute Gasteiger partial charge is 0.392 e. The van der Waals surface area contributed by atoms with Crippen molar-refractivity contribution in [1.82, 2.24) is 0 Å². The first-order valence-corrected chi connectivity index (χ1v) is 11.2. The predicted octanol–water partition coefficient (Wildman–Crippen LogP) is 6.11. The Bertz CT molecular complexity index is 421. The standard InChI is InChI=1S/C17H29ClO2Si/c1-5-6-7-8-9-10-13-19-21(3,4)20-17-14-15(2)11-12-16(17)18/h11-12,14H,5-10,13H2,1-4H3. The molecule has 0 heterocycles. The number of unbranched alkanes of at least 4 members (excludes halogenated alkanes) is 5. The molecule has 120 valence electrons. The summed E-state index contributed by atoms with van der Waals surface area (Å²) in [5.74, 6) is 0.747. The number of aryl methyl sites for hydroxylation is 1. The largest absolute Gasteiger partial charge is 0.519 e. The molecule has 0 aliphatic rings. The molecule has 2 nitrogen and oxygen atoms in total. The molecule has 0 aromatic heterocycles. The zero-order valence-electron chi connectivity index (χ0n) is 13.9. The Kier molecular flexibility index (Phi) is 8.38. The van der Waals surface area contributed by atoms with Crippen LogP contribution in [0, 0.1) is 6.92 Å². The average molecular weight is 329 g/mol. The summed E-state index contributed by atoms with van der Waals surface area (Å²) in [6.07, 6.45) is 7.65. The highest BCUT2D eigenvalue weighted by molar-refractivity contribution is 6.65. The highest BCUT2D eigenvalue weighted by atomic mass is 35.5. The Balaban J connectivity index is 2.31. The van der Waals surface area contributed by atoms with Crippen LogP contribution in [0.4, 0.5) is 0 Å². The molecule has 1 aromatic carbocycles. The highest BCUT2D eigenvalue weighted by Gasteiger charge is 2.27. The van der Waals surface area contributed by atoms with Crippen LogP contribution in [0.3, 0.4) is 0 Å². The summed E-state index contributed by atoms with van der Waals surface area (Å²) >= 11 is 6.18. The van der Waals surface area contributed by atoms with Gasteiger partial charge in [0.15, 0.2) is 0 Å². The fourth-order valence-electron chi connectivity index (χ4n) is 2.18. The summed E-state index contributed by atoms with van der Waals surface area (Å²) in [5.41, 5.74) is 1.15. The van der Waals surface area contributed by atoms with E-state index in [9.17, 15) is 0 Å². The summed E-state index contributed by atoms with van der Waals surface area (Å²) in [5, 5.41) is 0.657. The first-order valence-electron chi connectivity index (χ1n) is 8.04. The lowest BCUT2D eigenvalue weighted by molar-refractivity contribution is 0.241. The van der Waals surface area contributed by atoms with E-state index in [2.05, 4.69) is 20.0 Å². The van der Waals surface area contributed by atoms with E-state index in [0.717, 1.165) is 24.3 Å². The Hall–Kier alpha value is -0.513. The molecule has 4 heteroatoms. The van der Waals surface area contributed by atoms with Gasteiger partial charge in [-0.15, -0.1) is 0 Å². The normalized spacial score (nSPS) is 11.7. The molecule has 0 amide bonds. The van der Waals surface area contributed by atoms with Crippen molar-refractivity contribution in [2.45, 2.75) is 65.5 Å². The second kappa shape index (κ2) is 9.49. The number of hydrogen-bond donors (Lipinski definition) is 0. The minimum Gasteiger partial charge on any atom is -0.519 e. The van der Waals surface area contributed by atoms with Crippen LogP contribution in [-0.4, -0.2) is 15.2 Å². The average Bonchev–Trinajstić information content (AvgIpc) is 2.41. The zero-order valence-corrected chi connectivity index (χ0v) is 15.6. The summed E-state index contributed by atoms with van der Waals surface area (Å²) in [6.45, 7) is 9.21.